The van der Waals surface area contributed by atoms with E-state index in [1.165, 1.54) is 10.9 Å². The highest BCUT2D eigenvalue weighted by molar-refractivity contribution is 6.42. The lowest BCUT2D eigenvalue weighted by atomic mass is 10.3. The molecular weight excluding hydrogens is 477 g/mol. The molecule has 0 aliphatic rings. The minimum Gasteiger partial charge on any atom is -0.484 e. The van der Waals surface area contributed by atoms with Gasteiger partial charge in [0, 0.05) is 5.02 Å². The standard InChI is InChI=1S/C22H16Cl3N3O4/c23-14-3-1-4-16(9-14)31-13-28-11-15(10-26-28)27-22(29)20-8-7-17(32-20)12-30-19-6-2-5-18(24)21(19)25/h1-11H,12-13H2,(H,27,29). The predicted octanol–water partition coefficient (Wildman–Crippen LogP) is 6.30. The molecule has 0 aliphatic carbocycles. The normalized spacial score (nSPS) is 10.7. The van der Waals surface area contributed by atoms with Crippen molar-refractivity contribution in [1.82, 2.24) is 9.78 Å². The first kappa shape index (κ1) is 22.1. The molecule has 0 unspecified atom stereocenters. The lowest BCUT2D eigenvalue weighted by molar-refractivity contribution is 0.0992. The first-order valence-corrected chi connectivity index (χ1v) is 10.5. The lowest BCUT2D eigenvalue weighted by Gasteiger charge is -2.07. The molecule has 0 spiro atoms. The van der Waals surface area contributed by atoms with E-state index in [9.17, 15) is 4.79 Å². The summed E-state index contributed by atoms with van der Waals surface area (Å²) >= 11 is 18.0. The molecule has 0 saturated carbocycles. The number of furan rings is 1. The van der Waals surface area contributed by atoms with E-state index >= 15 is 0 Å². The van der Waals surface area contributed by atoms with Crippen molar-refractivity contribution in [3.05, 3.63) is 93.6 Å². The van der Waals surface area contributed by atoms with Crippen molar-refractivity contribution < 1.29 is 18.7 Å². The molecule has 2 heterocycles. The first-order valence-electron chi connectivity index (χ1n) is 9.35. The van der Waals surface area contributed by atoms with Crippen molar-refractivity contribution in [1.29, 1.82) is 0 Å². The second-order valence-electron chi connectivity index (χ2n) is 6.56. The molecule has 0 saturated heterocycles. The summed E-state index contributed by atoms with van der Waals surface area (Å²) in [5.41, 5.74) is 0.490. The van der Waals surface area contributed by atoms with Crippen LogP contribution in [0.15, 0.2) is 71.4 Å². The summed E-state index contributed by atoms with van der Waals surface area (Å²) in [6.45, 7) is 0.247. The molecule has 4 rings (SSSR count). The highest BCUT2D eigenvalue weighted by Gasteiger charge is 2.14. The summed E-state index contributed by atoms with van der Waals surface area (Å²) in [4.78, 5) is 12.5. The Morgan fingerprint density at radius 1 is 1.06 bits per heavy atom. The van der Waals surface area contributed by atoms with Gasteiger partial charge in [0.2, 0.25) is 0 Å². The van der Waals surface area contributed by atoms with Gasteiger partial charge in [-0.15, -0.1) is 0 Å². The topological polar surface area (TPSA) is 78.5 Å². The maximum absolute atomic E-state index is 12.5. The molecule has 2 aromatic carbocycles. The molecule has 1 N–H and O–H groups in total. The minimum atomic E-state index is -0.424. The zero-order chi connectivity index (χ0) is 22.5. The van der Waals surface area contributed by atoms with Crippen LogP contribution in [0.2, 0.25) is 15.1 Å². The van der Waals surface area contributed by atoms with Gasteiger partial charge in [-0.1, -0.05) is 46.9 Å². The first-order chi connectivity index (χ1) is 15.5. The van der Waals surface area contributed by atoms with Crippen molar-refractivity contribution in [2.24, 2.45) is 0 Å². The van der Waals surface area contributed by atoms with E-state index in [1.807, 2.05) is 0 Å². The van der Waals surface area contributed by atoms with E-state index in [0.29, 0.717) is 38.0 Å². The van der Waals surface area contributed by atoms with Crippen molar-refractivity contribution in [2.75, 3.05) is 5.32 Å². The average molecular weight is 493 g/mol. The van der Waals surface area contributed by atoms with Crippen LogP contribution in [-0.4, -0.2) is 15.7 Å². The Hall–Kier alpha value is -3.13. The fourth-order valence-corrected chi connectivity index (χ4v) is 3.24. The van der Waals surface area contributed by atoms with Gasteiger partial charge >= 0.3 is 0 Å². The van der Waals surface area contributed by atoms with Crippen LogP contribution in [0.5, 0.6) is 11.5 Å². The summed E-state index contributed by atoms with van der Waals surface area (Å²) in [5, 5.41) is 8.16. The predicted molar refractivity (Wildman–Crippen MR) is 122 cm³/mol. The van der Waals surface area contributed by atoms with Crippen molar-refractivity contribution in [3.63, 3.8) is 0 Å². The van der Waals surface area contributed by atoms with Gasteiger partial charge in [-0.25, -0.2) is 4.68 Å². The monoisotopic (exact) mass is 491 g/mol. The molecule has 1 amide bonds. The molecule has 0 atom stereocenters. The van der Waals surface area contributed by atoms with Gasteiger partial charge in [-0.2, -0.15) is 5.10 Å². The third-order valence-corrected chi connectivity index (χ3v) is 5.26. The van der Waals surface area contributed by atoms with Crippen LogP contribution in [0.3, 0.4) is 0 Å². The van der Waals surface area contributed by atoms with Crippen LogP contribution in [0, 0.1) is 0 Å². The Morgan fingerprint density at radius 3 is 2.75 bits per heavy atom. The number of carbonyl (C=O) groups excluding carboxylic acids is 1. The lowest BCUT2D eigenvalue weighted by Crippen LogP contribution is -2.10. The van der Waals surface area contributed by atoms with Crippen molar-refractivity contribution >= 4 is 46.4 Å². The van der Waals surface area contributed by atoms with Crippen LogP contribution in [0.1, 0.15) is 16.3 Å². The molecular formula is C22H16Cl3N3O4. The summed E-state index contributed by atoms with van der Waals surface area (Å²) in [6.07, 6.45) is 3.14. The maximum Gasteiger partial charge on any atom is 0.291 e. The van der Waals surface area contributed by atoms with Crippen LogP contribution in [0.4, 0.5) is 5.69 Å². The highest BCUT2D eigenvalue weighted by atomic mass is 35.5. The molecule has 2 aromatic heterocycles. The molecule has 0 fully saturated rings. The van der Waals surface area contributed by atoms with E-state index < -0.39 is 5.91 Å². The van der Waals surface area contributed by atoms with Crippen molar-refractivity contribution in [2.45, 2.75) is 13.3 Å². The van der Waals surface area contributed by atoms with E-state index in [1.54, 1.807) is 60.8 Å². The Morgan fingerprint density at radius 2 is 1.91 bits per heavy atom. The van der Waals surface area contributed by atoms with Crippen LogP contribution < -0.4 is 14.8 Å². The van der Waals surface area contributed by atoms with Crippen LogP contribution in [-0.2, 0) is 13.3 Å². The quantitative estimate of drug-likeness (QED) is 0.312. The van der Waals surface area contributed by atoms with Crippen molar-refractivity contribution in [3.8, 4) is 11.5 Å². The largest absolute Gasteiger partial charge is 0.484 e. The summed E-state index contributed by atoms with van der Waals surface area (Å²) in [7, 11) is 0. The number of amides is 1. The number of rotatable bonds is 8. The molecule has 164 valence electrons. The number of aromatic nitrogens is 2. The molecule has 10 heteroatoms. The maximum atomic E-state index is 12.5. The van der Waals surface area contributed by atoms with E-state index in [0.717, 1.165) is 0 Å². The van der Waals surface area contributed by atoms with Gasteiger partial charge in [0.25, 0.3) is 5.91 Å². The fraction of sp³-hybridized carbons (Fsp3) is 0.0909. The van der Waals surface area contributed by atoms with Gasteiger partial charge in [0.1, 0.15) is 28.9 Å². The van der Waals surface area contributed by atoms with Crippen LogP contribution in [0.25, 0.3) is 0 Å². The summed E-state index contributed by atoms with van der Waals surface area (Å²) in [5.74, 6) is 1.20. The Labute approximate surface area is 198 Å². The SMILES string of the molecule is O=C(Nc1cnn(COc2cccc(Cl)c2)c1)c1ccc(COc2cccc(Cl)c2Cl)o1. The number of hydrogen-bond acceptors (Lipinski definition) is 5. The minimum absolute atomic E-state index is 0.0894. The smallest absolute Gasteiger partial charge is 0.291 e. The van der Waals surface area contributed by atoms with Gasteiger partial charge in [-0.3, -0.25) is 4.79 Å². The number of hydrogen-bond donors (Lipinski definition) is 1. The molecule has 0 aliphatic heterocycles. The Kier molecular flexibility index (Phi) is 6.90. The summed E-state index contributed by atoms with van der Waals surface area (Å²) in [6, 6.07) is 15.3. The fourth-order valence-electron chi connectivity index (χ4n) is 2.71. The van der Waals surface area contributed by atoms with E-state index in [4.69, 9.17) is 48.7 Å². The Balaban J connectivity index is 1.31. The van der Waals surface area contributed by atoms with Gasteiger partial charge in [0.15, 0.2) is 12.5 Å². The number of anilines is 1. The number of ether oxygens (including phenoxy) is 2. The number of benzene rings is 2. The molecule has 4 aromatic rings. The van der Waals surface area contributed by atoms with Gasteiger partial charge in [-0.05, 0) is 42.5 Å². The van der Waals surface area contributed by atoms with E-state index in [2.05, 4.69) is 10.4 Å². The number of carbonyl (C=O) groups is 1. The van der Waals surface area contributed by atoms with Crippen LogP contribution >= 0.6 is 34.8 Å². The number of nitrogens with zero attached hydrogens (tertiary/aromatic N) is 2. The second kappa shape index (κ2) is 9.99. The summed E-state index contributed by atoms with van der Waals surface area (Å²) < 4.78 is 18.3. The Bertz CT molecular complexity index is 1240. The molecule has 0 bridgehead atoms. The number of nitrogens with one attached hydrogen (secondary N) is 1. The zero-order valence-electron chi connectivity index (χ0n) is 16.4. The molecule has 7 nitrogen and oxygen atoms in total. The second-order valence-corrected chi connectivity index (χ2v) is 7.78. The highest BCUT2D eigenvalue weighted by Crippen LogP contribution is 2.32. The van der Waals surface area contributed by atoms with Gasteiger partial charge < -0.3 is 19.2 Å². The number of halogens is 3. The molecule has 32 heavy (non-hydrogen) atoms. The third-order valence-electron chi connectivity index (χ3n) is 4.22. The average Bonchev–Trinajstić information content (AvgIpc) is 3.43. The van der Waals surface area contributed by atoms with Gasteiger partial charge in [0.05, 0.1) is 23.1 Å². The van der Waals surface area contributed by atoms with E-state index in [-0.39, 0.29) is 19.1 Å². The zero-order valence-corrected chi connectivity index (χ0v) is 18.7. The third kappa shape index (κ3) is 5.56. The molecule has 0 radical (unpaired) electrons.